The van der Waals surface area contributed by atoms with Crippen LogP contribution in [0.25, 0.3) is 0 Å². The van der Waals surface area contributed by atoms with Crippen LogP contribution in [0.5, 0.6) is 0 Å². The van der Waals surface area contributed by atoms with Gasteiger partial charge in [0.15, 0.2) is 0 Å². The quantitative estimate of drug-likeness (QED) is 0.0339. The number of ether oxygens (including phenoxy) is 2. The van der Waals surface area contributed by atoms with Crippen molar-refractivity contribution in [3.63, 3.8) is 0 Å². The summed E-state index contributed by atoms with van der Waals surface area (Å²) in [5.41, 5.74) is 0. The molecule has 0 bridgehead atoms. The molecule has 0 aliphatic carbocycles. The number of unbranched alkanes of at least 4 members (excludes halogenated alkanes) is 20. The fraction of sp³-hybridized carbons (Fsp3) is 0.948. The number of esters is 2. The van der Waals surface area contributed by atoms with Crippen LogP contribution in [0.2, 0.25) is 0 Å². The third-order valence-corrected chi connectivity index (χ3v) is 16.8. The van der Waals surface area contributed by atoms with Crippen molar-refractivity contribution in [2.24, 2.45) is 11.8 Å². The van der Waals surface area contributed by atoms with Crippen LogP contribution in [0.4, 0.5) is 0 Å². The summed E-state index contributed by atoms with van der Waals surface area (Å²) in [5, 5.41) is 0. The fourth-order valence-corrected chi connectivity index (χ4v) is 12.0. The first-order chi connectivity index (χ1) is 32.9. The monoisotopic (exact) mass is 981 g/mol. The molecular weight excluding hydrogens is 869 g/mol. The molecule has 0 aromatic rings. The Bertz CT molecular complexity index is 1050. The Kier molecular flexibility index (Phi) is 46.6. The molecule has 1 fully saturated rings. The van der Waals surface area contributed by atoms with Crippen LogP contribution >= 0.6 is 21.6 Å². The van der Waals surface area contributed by atoms with Crippen LogP contribution in [0.15, 0.2) is 0 Å². The molecule has 1 amide bonds. The van der Waals surface area contributed by atoms with E-state index < -0.39 is 0 Å². The highest BCUT2D eigenvalue weighted by atomic mass is 33.1. The van der Waals surface area contributed by atoms with Crippen molar-refractivity contribution < 1.29 is 23.9 Å². The number of rotatable bonds is 51. The summed E-state index contributed by atoms with van der Waals surface area (Å²) in [4.78, 5) is 44.3. The van der Waals surface area contributed by atoms with Gasteiger partial charge in [-0.3, -0.25) is 14.4 Å². The second-order valence-electron chi connectivity index (χ2n) is 20.6. The van der Waals surface area contributed by atoms with E-state index in [-0.39, 0.29) is 11.9 Å². The molecule has 1 rings (SSSR count). The van der Waals surface area contributed by atoms with Gasteiger partial charge in [0.2, 0.25) is 5.91 Å². The number of nitrogens with zero attached hydrogens (tertiary/aromatic N) is 2. The Morgan fingerprint density at radius 3 is 1.34 bits per heavy atom. The second-order valence-corrected chi connectivity index (χ2v) is 23.3. The van der Waals surface area contributed by atoms with E-state index in [2.05, 4.69) is 44.4 Å². The van der Waals surface area contributed by atoms with Crippen molar-refractivity contribution in [1.29, 1.82) is 0 Å². The molecule has 0 radical (unpaired) electrons. The van der Waals surface area contributed by atoms with Gasteiger partial charge in [-0.1, -0.05) is 210 Å². The van der Waals surface area contributed by atoms with Crippen molar-refractivity contribution in [3.8, 4) is 0 Å². The first kappa shape index (κ1) is 64.1. The highest BCUT2D eigenvalue weighted by Crippen LogP contribution is 2.26. The minimum atomic E-state index is -0.00422. The topological polar surface area (TPSA) is 76.2 Å². The highest BCUT2D eigenvalue weighted by molar-refractivity contribution is 8.76. The zero-order chi connectivity index (χ0) is 48.7. The third kappa shape index (κ3) is 39.4. The minimum absolute atomic E-state index is 0.00422. The van der Waals surface area contributed by atoms with Crippen molar-refractivity contribution >= 4 is 39.4 Å². The summed E-state index contributed by atoms with van der Waals surface area (Å²) < 4.78 is 11.6. The van der Waals surface area contributed by atoms with Gasteiger partial charge in [0.05, 0.1) is 13.2 Å². The Morgan fingerprint density at radius 1 is 0.448 bits per heavy atom. The summed E-state index contributed by atoms with van der Waals surface area (Å²) in [6.07, 6.45) is 44.7. The van der Waals surface area contributed by atoms with Crippen LogP contribution in [-0.4, -0.2) is 84.6 Å². The molecular formula is C58H112N2O5S2. The lowest BCUT2D eigenvalue weighted by atomic mass is 9.96. The van der Waals surface area contributed by atoms with E-state index in [1.165, 1.54) is 179 Å². The number of carbonyl (C=O) groups is 3. The summed E-state index contributed by atoms with van der Waals surface area (Å²) in [5.74, 6) is 3.50. The second kappa shape index (κ2) is 48.7. The normalized spacial score (nSPS) is 14.3. The van der Waals surface area contributed by atoms with Gasteiger partial charge in [0.25, 0.3) is 0 Å². The lowest BCUT2D eigenvalue weighted by molar-refractivity contribution is -0.146. The standard InChI is InChI=1S/C58H112N2O5S2/c1-6-11-16-26-38-53(36-14-9-4)51-64-57(62)42-30-24-20-18-22-28-40-55(60(48-35-47-59-45-32-33-46-59)56(61)44-50-67-66-49-34-13-8-3)41-29-23-19-21-25-31-43-58(63)65-52-54(37-15-10-5)39-27-17-12-7-2/h53-55H,6-52H2,1-5H3. The molecule has 7 nitrogen and oxygen atoms in total. The van der Waals surface area contributed by atoms with Crippen molar-refractivity contribution in [3.05, 3.63) is 0 Å². The molecule has 0 spiro atoms. The first-order valence-electron chi connectivity index (χ1n) is 29.5. The van der Waals surface area contributed by atoms with Gasteiger partial charge >= 0.3 is 11.9 Å². The van der Waals surface area contributed by atoms with E-state index in [1.54, 1.807) is 0 Å². The molecule has 9 heteroatoms. The fourth-order valence-electron chi connectivity index (χ4n) is 9.85. The zero-order valence-electron chi connectivity index (χ0n) is 45.2. The molecule has 0 aromatic carbocycles. The van der Waals surface area contributed by atoms with Crippen molar-refractivity contribution in [1.82, 2.24) is 9.80 Å². The molecule has 0 N–H and O–H groups in total. The maximum Gasteiger partial charge on any atom is 0.305 e. The van der Waals surface area contributed by atoms with Crippen molar-refractivity contribution in [2.75, 3.05) is 50.9 Å². The number of hydrogen-bond donors (Lipinski definition) is 0. The van der Waals surface area contributed by atoms with Crippen LogP contribution in [-0.2, 0) is 23.9 Å². The Balaban J connectivity index is 2.64. The van der Waals surface area contributed by atoms with E-state index in [4.69, 9.17) is 9.47 Å². The predicted octanol–water partition coefficient (Wildman–Crippen LogP) is 17.5. The lowest BCUT2D eigenvalue weighted by Gasteiger charge is -2.33. The average Bonchev–Trinajstić information content (AvgIpc) is 3.86. The van der Waals surface area contributed by atoms with Crippen molar-refractivity contribution in [2.45, 2.75) is 291 Å². The molecule has 0 saturated carbocycles. The smallest absolute Gasteiger partial charge is 0.305 e. The molecule has 396 valence electrons. The van der Waals surface area contributed by atoms with E-state index in [1.807, 2.05) is 21.6 Å². The molecule has 1 aliphatic heterocycles. The molecule has 2 unspecified atom stereocenters. The van der Waals surface area contributed by atoms with Crippen LogP contribution < -0.4 is 0 Å². The zero-order valence-corrected chi connectivity index (χ0v) is 46.9. The maximum atomic E-state index is 14.1. The third-order valence-electron chi connectivity index (χ3n) is 14.3. The molecule has 1 heterocycles. The average molecular weight is 982 g/mol. The van der Waals surface area contributed by atoms with Gasteiger partial charge in [-0.15, -0.1) is 0 Å². The number of amides is 1. The first-order valence-corrected chi connectivity index (χ1v) is 31.9. The minimum Gasteiger partial charge on any atom is -0.465 e. The summed E-state index contributed by atoms with van der Waals surface area (Å²) in [6.45, 7) is 16.9. The SMILES string of the molecule is CCCCCCC(CCCC)COC(=O)CCCCCCCCC(CCCCCCCCC(=O)OCC(CCCC)CCCCCC)N(CCCN1CCCC1)C(=O)CCSSCCCCC. The van der Waals surface area contributed by atoms with Gasteiger partial charge < -0.3 is 19.3 Å². The number of carbonyl (C=O) groups excluding carboxylic acids is 3. The van der Waals surface area contributed by atoms with Gasteiger partial charge in [-0.2, -0.15) is 0 Å². The summed E-state index contributed by atoms with van der Waals surface area (Å²) >= 11 is 0. The van der Waals surface area contributed by atoms with E-state index in [9.17, 15) is 14.4 Å². The Labute approximate surface area is 424 Å². The number of likely N-dealkylation sites (tertiary alicyclic amines) is 1. The molecule has 1 aliphatic rings. The predicted molar refractivity (Wildman–Crippen MR) is 294 cm³/mol. The summed E-state index contributed by atoms with van der Waals surface area (Å²) in [6, 6.07) is 0.318. The molecule has 1 saturated heterocycles. The van der Waals surface area contributed by atoms with Gasteiger partial charge in [0.1, 0.15) is 0 Å². The maximum absolute atomic E-state index is 14.1. The highest BCUT2D eigenvalue weighted by Gasteiger charge is 2.24. The Morgan fingerprint density at radius 2 is 0.851 bits per heavy atom. The lowest BCUT2D eigenvalue weighted by Crippen LogP contribution is -2.42. The van der Waals surface area contributed by atoms with Gasteiger partial charge in [-0.05, 0) is 109 Å². The summed E-state index contributed by atoms with van der Waals surface area (Å²) in [7, 11) is 3.84. The van der Waals surface area contributed by atoms with Crippen LogP contribution in [0.1, 0.15) is 285 Å². The molecule has 67 heavy (non-hydrogen) atoms. The van der Waals surface area contributed by atoms with E-state index in [0.29, 0.717) is 56.3 Å². The molecule has 2 atom stereocenters. The van der Waals surface area contributed by atoms with Crippen LogP contribution in [0, 0.1) is 11.8 Å². The Hall–Kier alpha value is -0.930. The van der Waals surface area contributed by atoms with Gasteiger partial charge in [-0.25, -0.2) is 0 Å². The molecule has 0 aromatic heterocycles. The van der Waals surface area contributed by atoms with E-state index in [0.717, 1.165) is 89.5 Å². The van der Waals surface area contributed by atoms with Gasteiger partial charge in [0, 0.05) is 43.4 Å². The van der Waals surface area contributed by atoms with E-state index >= 15 is 0 Å². The largest absolute Gasteiger partial charge is 0.465 e. The van der Waals surface area contributed by atoms with Crippen LogP contribution in [0.3, 0.4) is 0 Å². The number of hydrogen-bond acceptors (Lipinski definition) is 8.